The molecular weight excluding hydrogens is 472 g/mol. The van der Waals surface area contributed by atoms with Gasteiger partial charge in [0.15, 0.2) is 0 Å². The molecule has 3 aromatic rings. The van der Waals surface area contributed by atoms with Crippen LogP contribution in [0, 0.1) is 5.82 Å². The number of alkyl halides is 3. The fourth-order valence-corrected chi connectivity index (χ4v) is 5.61. The Hall–Kier alpha value is -3.11. The van der Waals surface area contributed by atoms with Gasteiger partial charge < -0.3 is 9.64 Å². The Morgan fingerprint density at radius 2 is 1.68 bits per heavy atom. The normalized spacial score (nSPS) is 18.3. The third-order valence-electron chi connectivity index (χ3n) is 5.89. The number of hydrogen-bond acceptors (Lipinski definition) is 4. The lowest BCUT2D eigenvalue weighted by molar-refractivity contribution is -0.138. The summed E-state index contributed by atoms with van der Waals surface area (Å²) >= 11 is 0. The van der Waals surface area contributed by atoms with Crippen molar-refractivity contribution in [3.05, 3.63) is 83.7 Å². The maximum Gasteiger partial charge on any atom is 0.420 e. The van der Waals surface area contributed by atoms with Gasteiger partial charge in [-0.1, -0.05) is 30.3 Å². The van der Waals surface area contributed by atoms with E-state index in [0.717, 1.165) is 24.8 Å². The summed E-state index contributed by atoms with van der Waals surface area (Å²) in [4.78, 5) is 1.16. The molecule has 1 atom stereocenters. The number of anilines is 2. The number of benzene rings is 3. The van der Waals surface area contributed by atoms with Gasteiger partial charge in [0, 0.05) is 31.4 Å². The van der Waals surface area contributed by atoms with Crippen LogP contribution in [0.5, 0.6) is 5.75 Å². The van der Waals surface area contributed by atoms with Gasteiger partial charge in [0.05, 0.1) is 18.4 Å². The van der Waals surface area contributed by atoms with Crippen LogP contribution < -0.4 is 9.64 Å². The summed E-state index contributed by atoms with van der Waals surface area (Å²) in [6.07, 6.45) is -4.45. The van der Waals surface area contributed by atoms with Crippen LogP contribution in [-0.2, 0) is 22.6 Å². The molecule has 0 N–H and O–H groups in total. The topological polar surface area (TPSA) is 49.9 Å². The Morgan fingerprint density at radius 3 is 2.26 bits per heavy atom. The third-order valence-corrected chi connectivity index (χ3v) is 7.83. The largest absolute Gasteiger partial charge is 0.496 e. The van der Waals surface area contributed by atoms with Crippen molar-refractivity contribution >= 4 is 21.4 Å². The summed E-state index contributed by atoms with van der Waals surface area (Å²) in [5.41, 5.74) is -0.0139. The smallest absolute Gasteiger partial charge is 0.420 e. The first-order valence-electron chi connectivity index (χ1n) is 10.4. The summed E-state index contributed by atoms with van der Waals surface area (Å²) in [7, 11) is -1.74. The van der Waals surface area contributed by atoms with Crippen LogP contribution in [0.15, 0.2) is 71.6 Å². The third kappa shape index (κ3) is 4.47. The van der Waals surface area contributed by atoms with E-state index < -0.39 is 39.4 Å². The van der Waals surface area contributed by atoms with E-state index in [1.165, 1.54) is 40.5 Å². The van der Waals surface area contributed by atoms with Crippen molar-refractivity contribution in [3.63, 3.8) is 0 Å². The molecule has 0 aliphatic carbocycles. The van der Waals surface area contributed by atoms with E-state index in [-0.39, 0.29) is 17.1 Å². The number of methoxy groups -OCH3 is 1. The highest BCUT2D eigenvalue weighted by Gasteiger charge is 2.41. The molecule has 0 amide bonds. The number of halogens is 4. The van der Waals surface area contributed by atoms with Gasteiger partial charge in [-0.15, -0.1) is 0 Å². The molecule has 0 spiro atoms. The van der Waals surface area contributed by atoms with E-state index >= 15 is 0 Å². The van der Waals surface area contributed by atoms with Gasteiger partial charge in [0.25, 0.3) is 0 Å². The molecule has 3 aromatic carbocycles. The van der Waals surface area contributed by atoms with E-state index in [1.54, 1.807) is 0 Å². The minimum absolute atomic E-state index is 0.0485. The van der Waals surface area contributed by atoms with E-state index in [0.29, 0.717) is 12.1 Å². The van der Waals surface area contributed by atoms with Crippen LogP contribution >= 0.6 is 0 Å². The number of fused-ring (bicyclic) bond motifs is 1. The zero-order chi connectivity index (χ0) is 24.7. The predicted molar refractivity (Wildman–Crippen MR) is 120 cm³/mol. The number of rotatable bonds is 4. The standard InChI is InChI=1S/C24H22F4N2O3S/c1-29-19(12-16-6-4-3-5-7-16)15-30(18-10-8-17(25)9-11-18)21-13-20(24(26,27)28)22(33-2)14-23(21)34(29,31)32/h3-11,13-14,19H,12,15H2,1-2H3/t19-/m1/s1. The first-order valence-corrected chi connectivity index (χ1v) is 11.8. The van der Waals surface area contributed by atoms with Crippen molar-refractivity contribution in [2.24, 2.45) is 0 Å². The number of hydrogen-bond donors (Lipinski definition) is 0. The summed E-state index contributed by atoms with van der Waals surface area (Å²) < 4.78 is 88.3. The van der Waals surface area contributed by atoms with Crippen molar-refractivity contribution in [2.75, 3.05) is 25.6 Å². The second-order valence-electron chi connectivity index (χ2n) is 7.97. The summed E-state index contributed by atoms with van der Waals surface area (Å²) in [6, 6.07) is 15.4. The van der Waals surface area contributed by atoms with Gasteiger partial charge in [0.1, 0.15) is 16.5 Å². The molecule has 180 valence electrons. The molecule has 0 bridgehead atoms. The lowest BCUT2D eigenvalue weighted by Gasteiger charge is -2.30. The van der Waals surface area contributed by atoms with Crippen molar-refractivity contribution in [3.8, 4) is 5.75 Å². The molecule has 10 heteroatoms. The van der Waals surface area contributed by atoms with Crippen molar-refractivity contribution < 1.29 is 30.7 Å². The SMILES string of the molecule is COc1cc2c(cc1C(F)(F)F)N(c1ccc(F)cc1)C[C@@H](Cc1ccccc1)N(C)S2(=O)=O. The molecule has 0 saturated heterocycles. The van der Waals surface area contributed by atoms with Gasteiger partial charge >= 0.3 is 6.18 Å². The maximum absolute atomic E-state index is 13.8. The molecule has 0 unspecified atom stereocenters. The average Bonchev–Trinajstić information content (AvgIpc) is 2.88. The summed E-state index contributed by atoms with van der Waals surface area (Å²) in [5, 5.41) is 0. The van der Waals surface area contributed by atoms with Crippen LogP contribution in [0.25, 0.3) is 0 Å². The highest BCUT2D eigenvalue weighted by atomic mass is 32.2. The number of likely N-dealkylation sites (N-methyl/N-ethyl adjacent to an activating group) is 1. The van der Waals surface area contributed by atoms with E-state index in [4.69, 9.17) is 4.74 Å². The van der Waals surface area contributed by atoms with Gasteiger partial charge in [-0.2, -0.15) is 17.5 Å². The van der Waals surface area contributed by atoms with Crippen molar-refractivity contribution in [1.82, 2.24) is 4.31 Å². The number of sulfonamides is 1. The molecule has 4 rings (SSSR count). The Labute approximate surface area is 195 Å². The summed E-state index contributed by atoms with van der Waals surface area (Å²) in [6.45, 7) is 0.0485. The van der Waals surface area contributed by atoms with Crippen LogP contribution in [0.4, 0.5) is 28.9 Å². The minimum atomic E-state index is -4.78. The molecule has 1 aliphatic heterocycles. The molecule has 0 aromatic heterocycles. The zero-order valence-corrected chi connectivity index (χ0v) is 19.2. The van der Waals surface area contributed by atoms with Crippen molar-refractivity contribution in [1.29, 1.82) is 0 Å². The van der Waals surface area contributed by atoms with Gasteiger partial charge in [0.2, 0.25) is 10.0 Å². The van der Waals surface area contributed by atoms with Crippen molar-refractivity contribution in [2.45, 2.75) is 23.5 Å². The van der Waals surface area contributed by atoms with E-state index in [9.17, 15) is 26.0 Å². The molecule has 1 aliphatic rings. The van der Waals surface area contributed by atoms with Crippen LogP contribution in [0.2, 0.25) is 0 Å². The molecule has 0 radical (unpaired) electrons. The lowest BCUT2D eigenvalue weighted by atomic mass is 10.0. The minimum Gasteiger partial charge on any atom is -0.496 e. The van der Waals surface area contributed by atoms with Gasteiger partial charge in [-0.05, 0) is 42.3 Å². The van der Waals surface area contributed by atoms with Crippen LogP contribution in [0.1, 0.15) is 11.1 Å². The molecule has 1 heterocycles. The molecular formula is C24H22F4N2O3S. The fourth-order valence-electron chi connectivity index (χ4n) is 4.08. The molecule has 0 fully saturated rings. The second-order valence-corrected chi connectivity index (χ2v) is 9.94. The number of ether oxygens (including phenoxy) is 1. The Bertz CT molecular complexity index is 1280. The van der Waals surface area contributed by atoms with E-state index in [2.05, 4.69) is 0 Å². The Morgan fingerprint density at radius 1 is 1.03 bits per heavy atom. The van der Waals surface area contributed by atoms with E-state index in [1.807, 2.05) is 30.3 Å². The molecule has 5 nitrogen and oxygen atoms in total. The Kier molecular flexibility index (Phi) is 6.30. The summed E-state index contributed by atoms with van der Waals surface area (Å²) in [5.74, 6) is -1.11. The van der Waals surface area contributed by atoms with Crippen LogP contribution in [0.3, 0.4) is 0 Å². The monoisotopic (exact) mass is 494 g/mol. The maximum atomic E-state index is 13.8. The quantitative estimate of drug-likeness (QED) is 0.466. The highest BCUT2D eigenvalue weighted by molar-refractivity contribution is 7.89. The number of nitrogens with zero attached hydrogens (tertiary/aromatic N) is 2. The fraction of sp³-hybridized carbons (Fsp3) is 0.250. The second kappa shape index (κ2) is 8.92. The van der Waals surface area contributed by atoms with Gasteiger partial charge in [-0.25, -0.2) is 12.8 Å². The van der Waals surface area contributed by atoms with Gasteiger partial charge in [-0.3, -0.25) is 0 Å². The lowest BCUT2D eigenvalue weighted by Crippen LogP contribution is -2.42. The average molecular weight is 495 g/mol. The Balaban J connectivity index is 1.95. The first-order chi connectivity index (χ1) is 16.0. The molecule has 0 saturated carbocycles. The first kappa shape index (κ1) is 24.0. The molecule has 34 heavy (non-hydrogen) atoms. The zero-order valence-electron chi connectivity index (χ0n) is 18.4. The van der Waals surface area contributed by atoms with Crippen LogP contribution in [-0.4, -0.2) is 39.5 Å². The predicted octanol–water partition coefficient (Wildman–Crippen LogP) is 5.24. The highest BCUT2D eigenvalue weighted by Crippen LogP contribution is 2.45.